The first-order valence-electron chi connectivity index (χ1n) is 10.4. The normalized spacial score (nSPS) is 12.2. The van der Waals surface area contributed by atoms with Crippen LogP contribution in [0.4, 0.5) is 0 Å². The largest absolute Gasteiger partial charge is 0.354 e. The molecule has 0 aliphatic rings. The summed E-state index contributed by atoms with van der Waals surface area (Å²) in [5, 5.41) is 5.87. The van der Waals surface area contributed by atoms with E-state index in [9.17, 15) is 9.59 Å². The second kappa shape index (κ2) is 9.57. The Morgan fingerprint density at radius 3 is 2.47 bits per heavy atom. The van der Waals surface area contributed by atoms with Crippen molar-refractivity contribution in [3.8, 4) is 0 Å². The first-order valence-corrected chi connectivity index (χ1v) is 10.4. The van der Waals surface area contributed by atoms with Crippen LogP contribution in [0.5, 0.6) is 0 Å². The van der Waals surface area contributed by atoms with Crippen molar-refractivity contribution in [3.63, 3.8) is 0 Å². The minimum atomic E-state index is -0.576. The highest BCUT2D eigenvalue weighted by Crippen LogP contribution is 2.15. The zero-order chi connectivity index (χ0) is 21.7. The van der Waals surface area contributed by atoms with Gasteiger partial charge in [0.05, 0.1) is 11.0 Å². The Labute approximate surface area is 177 Å². The third kappa shape index (κ3) is 4.87. The van der Waals surface area contributed by atoms with Crippen LogP contribution in [0.3, 0.4) is 0 Å². The van der Waals surface area contributed by atoms with Crippen molar-refractivity contribution < 1.29 is 9.59 Å². The maximum absolute atomic E-state index is 12.7. The molecule has 1 aromatic heterocycles. The average molecular weight is 407 g/mol. The molecule has 30 heavy (non-hydrogen) atoms. The number of aromatic nitrogens is 2. The third-order valence-electron chi connectivity index (χ3n) is 5.33. The molecular weight excluding hydrogens is 376 g/mol. The van der Waals surface area contributed by atoms with Crippen LogP contribution >= 0.6 is 0 Å². The molecule has 2 amide bonds. The smallest absolute Gasteiger partial charge is 0.252 e. The highest BCUT2D eigenvalue weighted by Gasteiger charge is 2.24. The Morgan fingerprint density at radius 2 is 1.73 bits per heavy atom. The molecule has 6 heteroatoms. The minimum absolute atomic E-state index is 0.0159. The van der Waals surface area contributed by atoms with Gasteiger partial charge >= 0.3 is 0 Å². The van der Waals surface area contributed by atoms with E-state index >= 15 is 0 Å². The zero-order valence-corrected chi connectivity index (χ0v) is 18.1. The van der Waals surface area contributed by atoms with E-state index in [0.29, 0.717) is 12.1 Å². The maximum atomic E-state index is 12.7. The Morgan fingerprint density at radius 1 is 1.03 bits per heavy atom. The standard InChI is InChI=1S/C24H30N4O2/c1-16(2)22(27-23(29)19-11-6-5-10-17(19)3)24(30)25-14-9-15-28-18(4)26-20-12-7-8-13-21(20)28/h5-8,10-13,16,22H,9,14-15H2,1-4H3,(H,25,30)(H,27,29). The summed E-state index contributed by atoms with van der Waals surface area (Å²) in [6.45, 7) is 9.06. The van der Waals surface area contributed by atoms with Crippen molar-refractivity contribution in [3.05, 3.63) is 65.5 Å². The Bertz CT molecular complexity index is 1040. The molecule has 0 spiro atoms. The second-order valence-electron chi connectivity index (χ2n) is 7.95. The lowest BCUT2D eigenvalue weighted by atomic mass is 10.0. The fourth-order valence-electron chi connectivity index (χ4n) is 3.62. The molecule has 0 radical (unpaired) electrons. The monoisotopic (exact) mass is 406 g/mol. The molecule has 2 N–H and O–H groups in total. The summed E-state index contributed by atoms with van der Waals surface area (Å²) >= 11 is 0. The summed E-state index contributed by atoms with van der Waals surface area (Å²) in [4.78, 5) is 29.9. The number of benzene rings is 2. The van der Waals surface area contributed by atoms with Gasteiger partial charge in [0.15, 0.2) is 0 Å². The van der Waals surface area contributed by atoms with Gasteiger partial charge in [0, 0.05) is 18.7 Å². The van der Waals surface area contributed by atoms with E-state index in [1.54, 1.807) is 6.07 Å². The lowest BCUT2D eigenvalue weighted by Crippen LogP contribution is -2.50. The van der Waals surface area contributed by atoms with E-state index in [4.69, 9.17) is 0 Å². The van der Waals surface area contributed by atoms with Crippen LogP contribution in [0.25, 0.3) is 11.0 Å². The number of carbonyl (C=O) groups is 2. The molecule has 0 aliphatic carbocycles. The van der Waals surface area contributed by atoms with Gasteiger partial charge in [-0.2, -0.15) is 0 Å². The van der Waals surface area contributed by atoms with E-state index < -0.39 is 6.04 Å². The van der Waals surface area contributed by atoms with E-state index in [2.05, 4.69) is 26.3 Å². The highest BCUT2D eigenvalue weighted by atomic mass is 16.2. The molecule has 2 aromatic carbocycles. The minimum Gasteiger partial charge on any atom is -0.354 e. The summed E-state index contributed by atoms with van der Waals surface area (Å²) in [6.07, 6.45) is 0.781. The van der Waals surface area contributed by atoms with Crippen LogP contribution in [0.15, 0.2) is 48.5 Å². The van der Waals surface area contributed by atoms with Crippen LogP contribution in [-0.4, -0.2) is 34.0 Å². The number of aryl methyl sites for hydroxylation is 3. The molecule has 158 valence electrons. The molecule has 1 atom stereocenters. The highest BCUT2D eigenvalue weighted by molar-refractivity contribution is 5.98. The Hall–Kier alpha value is -3.15. The number of imidazole rings is 1. The molecule has 0 saturated carbocycles. The lowest BCUT2D eigenvalue weighted by molar-refractivity contribution is -0.123. The van der Waals surface area contributed by atoms with Gasteiger partial charge in [-0.25, -0.2) is 4.98 Å². The summed E-state index contributed by atoms with van der Waals surface area (Å²) in [6, 6.07) is 14.9. The number of fused-ring (bicyclic) bond motifs is 1. The summed E-state index contributed by atoms with van der Waals surface area (Å²) in [5.74, 6) is 0.576. The van der Waals surface area contributed by atoms with Gasteiger partial charge in [0.25, 0.3) is 5.91 Å². The van der Waals surface area contributed by atoms with Gasteiger partial charge in [0.1, 0.15) is 11.9 Å². The van der Waals surface area contributed by atoms with E-state index in [1.165, 1.54) is 0 Å². The molecule has 1 heterocycles. The SMILES string of the molecule is Cc1ccccc1C(=O)NC(C(=O)NCCCn1c(C)nc2ccccc21)C(C)C. The summed E-state index contributed by atoms with van der Waals surface area (Å²) < 4.78 is 2.17. The predicted octanol–water partition coefficient (Wildman–Crippen LogP) is 3.61. The van der Waals surface area contributed by atoms with Gasteiger partial charge in [0.2, 0.25) is 5.91 Å². The third-order valence-corrected chi connectivity index (χ3v) is 5.33. The van der Waals surface area contributed by atoms with Crippen molar-refractivity contribution in [1.29, 1.82) is 0 Å². The molecule has 3 rings (SSSR count). The molecule has 3 aromatic rings. The van der Waals surface area contributed by atoms with Gasteiger partial charge in [-0.15, -0.1) is 0 Å². The topological polar surface area (TPSA) is 76.0 Å². The number of rotatable bonds is 8. The van der Waals surface area contributed by atoms with E-state index in [-0.39, 0.29) is 17.7 Å². The number of nitrogens with one attached hydrogen (secondary N) is 2. The first kappa shape index (κ1) is 21.6. The number of nitrogens with zero attached hydrogens (tertiary/aromatic N) is 2. The summed E-state index contributed by atoms with van der Waals surface area (Å²) in [5.41, 5.74) is 3.57. The number of para-hydroxylation sites is 2. The van der Waals surface area contributed by atoms with Crippen LogP contribution in [-0.2, 0) is 11.3 Å². The number of carbonyl (C=O) groups excluding carboxylic acids is 2. The van der Waals surface area contributed by atoms with Gasteiger partial charge in [-0.05, 0) is 49.9 Å². The zero-order valence-electron chi connectivity index (χ0n) is 18.1. The van der Waals surface area contributed by atoms with Crippen molar-refractivity contribution in [2.45, 2.75) is 46.7 Å². The van der Waals surface area contributed by atoms with Crippen LogP contribution in [0.1, 0.15) is 42.0 Å². The predicted molar refractivity (Wildman–Crippen MR) is 119 cm³/mol. The second-order valence-corrected chi connectivity index (χ2v) is 7.95. The lowest BCUT2D eigenvalue weighted by Gasteiger charge is -2.22. The number of amides is 2. The maximum Gasteiger partial charge on any atom is 0.252 e. The fourth-order valence-corrected chi connectivity index (χ4v) is 3.62. The number of hydrogen-bond donors (Lipinski definition) is 2. The molecule has 6 nitrogen and oxygen atoms in total. The Kier molecular flexibility index (Phi) is 6.87. The first-order chi connectivity index (χ1) is 14.4. The summed E-state index contributed by atoms with van der Waals surface area (Å²) in [7, 11) is 0. The molecule has 1 unspecified atom stereocenters. The van der Waals surface area contributed by atoms with Crippen molar-refractivity contribution >= 4 is 22.8 Å². The quantitative estimate of drug-likeness (QED) is 0.561. The van der Waals surface area contributed by atoms with Crippen LogP contribution < -0.4 is 10.6 Å². The number of hydrogen-bond acceptors (Lipinski definition) is 3. The fraction of sp³-hybridized carbons (Fsp3) is 0.375. The molecule has 0 fully saturated rings. The average Bonchev–Trinajstić information content (AvgIpc) is 3.04. The molecule has 0 saturated heterocycles. The van der Waals surface area contributed by atoms with Gasteiger partial charge in [-0.1, -0.05) is 44.2 Å². The van der Waals surface area contributed by atoms with Crippen LogP contribution in [0.2, 0.25) is 0 Å². The van der Waals surface area contributed by atoms with Gasteiger partial charge in [-0.3, -0.25) is 9.59 Å². The van der Waals surface area contributed by atoms with Gasteiger partial charge < -0.3 is 15.2 Å². The van der Waals surface area contributed by atoms with E-state index in [0.717, 1.165) is 35.4 Å². The van der Waals surface area contributed by atoms with Crippen molar-refractivity contribution in [1.82, 2.24) is 20.2 Å². The Balaban J connectivity index is 1.56. The molecule has 0 aliphatic heterocycles. The van der Waals surface area contributed by atoms with Crippen molar-refractivity contribution in [2.24, 2.45) is 5.92 Å². The van der Waals surface area contributed by atoms with Crippen molar-refractivity contribution in [2.75, 3.05) is 6.54 Å². The van der Waals surface area contributed by atoms with E-state index in [1.807, 2.05) is 64.1 Å². The molecular formula is C24H30N4O2. The molecule has 0 bridgehead atoms. The van der Waals surface area contributed by atoms with Crippen LogP contribution in [0, 0.1) is 19.8 Å².